The number of aromatic carboxylic acids is 1. The van der Waals surface area contributed by atoms with Crippen LogP contribution in [0.2, 0.25) is 0 Å². The van der Waals surface area contributed by atoms with Gasteiger partial charge in [-0.05, 0) is 43.2 Å². The highest BCUT2D eigenvalue weighted by molar-refractivity contribution is 6.10. The molecule has 0 aliphatic carbocycles. The van der Waals surface area contributed by atoms with Crippen LogP contribution in [0.4, 0.5) is 5.82 Å². The second-order valence-electron chi connectivity index (χ2n) is 5.05. The molecule has 0 unspecified atom stereocenters. The first kappa shape index (κ1) is 15.7. The second kappa shape index (κ2) is 6.85. The van der Waals surface area contributed by atoms with Crippen molar-refractivity contribution in [2.75, 3.05) is 5.32 Å². The van der Waals surface area contributed by atoms with Gasteiger partial charge in [-0.3, -0.25) is 4.79 Å². The van der Waals surface area contributed by atoms with Crippen LogP contribution in [0.3, 0.4) is 0 Å². The van der Waals surface area contributed by atoms with Crippen LogP contribution in [0, 0.1) is 6.92 Å². The Kier molecular flexibility index (Phi) is 4.88. The molecule has 2 rings (SSSR count). The Morgan fingerprint density at radius 1 is 1.18 bits per heavy atom. The first-order valence-corrected chi connectivity index (χ1v) is 7.12. The quantitative estimate of drug-likeness (QED) is 0.887. The molecule has 22 heavy (non-hydrogen) atoms. The molecule has 2 N–H and O–H groups in total. The average Bonchev–Trinajstić information content (AvgIpc) is 2.47. The summed E-state index contributed by atoms with van der Waals surface area (Å²) < 4.78 is 0. The summed E-state index contributed by atoms with van der Waals surface area (Å²) in [5, 5.41) is 11.9. The molecular weight excluding hydrogens is 280 g/mol. The predicted molar refractivity (Wildman–Crippen MR) is 84.3 cm³/mol. The Bertz CT molecular complexity index is 711. The third-order valence-corrected chi connectivity index (χ3v) is 3.23. The van der Waals surface area contributed by atoms with Gasteiger partial charge in [0, 0.05) is 5.69 Å². The molecule has 5 nitrogen and oxygen atoms in total. The first-order valence-electron chi connectivity index (χ1n) is 7.12. The molecule has 1 aromatic carbocycles. The van der Waals surface area contributed by atoms with Gasteiger partial charge in [0.15, 0.2) is 0 Å². The van der Waals surface area contributed by atoms with Crippen molar-refractivity contribution in [3.63, 3.8) is 0 Å². The van der Waals surface area contributed by atoms with Crippen LogP contribution >= 0.6 is 0 Å². The van der Waals surface area contributed by atoms with Gasteiger partial charge in [-0.2, -0.15) is 0 Å². The number of nitrogens with one attached hydrogen (secondary N) is 1. The third-order valence-electron chi connectivity index (χ3n) is 3.23. The van der Waals surface area contributed by atoms with Crippen LogP contribution in [-0.2, 0) is 6.42 Å². The van der Waals surface area contributed by atoms with E-state index in [-0.39, 0.29) is 11.1 Å². The molecule has 114 valence electrons. The number of aromatic nitrogens is 1. The smallest absolute Gasteiger partial charge is 0.336 e. The summed E-state index contributed by atoms with van der Waals surface area (Å²) in [6.07, 6.45) is 1.72. The highest BCUT2D eigenvalue weighted by Gasteiger charge is 2.17. The lowest BCUT2D eigenvalue weighted by atomic mass is 10.0. The van der Waals surface area contributed by atoms with Gasteiger partial charge in [0.1, 0.15) is 5.82 Å². The molecule has 0 spiro atoms. The van der Waals surface area contributed by atoms with Crippen LogP contribution < -0.4 is 5.32 Å². The molecule has 1 aromatic heterocycles. The maximum absolute atomic E-state index is 12.4. The van der Waals surface area contributed by atoms with Gasteiger partial charge in [-0.25, -0.2) is 9.78 Å². The molecule has 0 radical (unpaired) electrons. The van der Waals surface area contributed by atoms with Crippen LogP contribution in [0.25, 0.3) is 0 Å². The minimum absolute atomic E-state index is 0.00925. The monoisotopic (exact) mass is 298 g/mol. The molecule has 0 aliphatic heterocycles. The number of carbonyl (C=O) groups is 2. The Labute approximate surface area is 129 Å². The Balaban J connectivity index is 2.34. The van der Waals surface area contributed by atoms with E-state index in [2.05, 4.69) is 10.3 Å². The predicted octanol–water partition coefficient (Wildman–Crippen LogP) is 3.29. The Hall–Kier alpha value is -2.69. The fourth-order valence-corrected chi connectivity index (χ4v) is 2.21. The molecule has 0 bridgehead atoms. The Morgan fingerprint density at radius 3 is 2.59 bits per heavy atom. The maximum atomic E-state index is 12.4. The van der Waals surface area contributed by atoms with Gasteiger partial charge in [-0.1, -0.05) is 25.5 Å². The van der Waals surface area contributed by atoms with E-state index in [0.29, 0.717) is 5.82 Å². The molecule has 0 atom stereocenters. The number of hydrogen-bond acceptors (Lipinski definition) is 3. The van der Waals surface area contributed by atoms with E-state index in [0.717, 1.165) is 24.1 Å². The normalized spacial score (nSPS) is 10.3. The van der Waals surface area contributed by atoms with Crippen molar-refractivity contribution >= 4 is 17.7 Å². The molecule has 1 amide bonds. The van der Waals surface area contributed by atoms with Crippen molar-refractivity contribution in [3.05, 3.63) is 58.8 Å². The van der Waals surface area contributed by atoms with Crippen molar-refractivity contribution in [2.45, 2.75) is 26.7 Å². The summed E-state index contributed by atoms with van der Waals surface area (Å²) in [7, 11) is 0. The van der Waals surface area contributed by atoms with Crippen molar-refractivity contribution in [1.82, 2.24) is 4.98 Å². The molecule has 1 heterocycles. The molecular formula is C17H18N2O3. The van der Waals surface area contributed by atoms with E-state index < -0.39 is 11.9 Å². The summed E-state index contributed by atoms with van der Waals surface area (Å²) in [4.78, 5) is 27.9. The number of rotatable bonds is 5. The number of amides is 1. The third kappa shape index (κ3) is 3.69. The summed E-state index contributed by atoms with van der Waals surface area (Å²) >= 11 is 0. The lowest BCUT2D eigenvalue weighted by molar-refractivity contribution is 0.0692. The van der Waals surface area contributed by atoms with Gasteiger partial charge in [0.25, 0.3) is 5.91 Å². The number of pyridine rings is 1. The number of benzene rings is 1. The van der Waals surface area contributed by atoms with Crippen LogP contribution in [0.1, 0.15) is 45.3 Å². The fourth-order valence-electron chi connectivity index (χ4n) is 2.21. The number of anilines is 1. The largest absolute Gasteiger partial charge is 0.478 e. The molecule has 0 aliphatic rings. The minimum Gasteiger partial charge on any atom is -0.478 e. The number of aryl methyl sites for hydroxylation is 2. The van der Waals surface area contributed by atoms with E-state index in [1.54, 1.807) is 24.3 Å². The van der Waals surface area contributed by atoms with E-state index in [1.165, 1.54) is 6.07 Å². The summed E-state index contributed by atoms with van der Waals surface area (Å²) in [6, 6.07) is 10.1. The van der Waals surface area contributed by atoms with E-state index >= 15 is 0 Å². The van der Waals surface area contributed by atoms with Crippen LogP contribution in [0.15, 0.2) is 36.4 Å². The zero-order valence-electron chi connectivity index (χ0n) is 12.6. The highest BCUT2D eigenvalue weighted by atomic mass is 16.4. The highest BCUT2D eigenvalue weighted by Crippen LogP contribution is 2.16. The zero-order valence-corrected chi connectivity index (χ0v) is 12.6. The van der Waals surface area contributed by atoms with Crippen molar-refractivity contribution in [2.24, 2.45) is 0 Å². The number of carboxylic acid groups (broad SMARTS) is 1. The van der Waals surface area contributed by atoms with Crippen molar-refractivity contribution < 1.29 is 14.7 Å². The SMILES string of the molecule is CCCc1ccc(C(=O)O)c(C(=O)Nc2cccc(C)n2)c1. The van der Waals surface area contributed by atoms with Crippen LogP contribution in [-0.4, -0.2) is 22.0 Å². The summed E-state index contributed by atoms with van der Waals surface area (Å²) in [6.45, 7) is 3.85. The number of carboxylic acids is 1. The Morgan fingerprint density at radius 2 is 1.95 bits per heavy atom. The van der Waals surface area contributed by atoms with Gasteiger partial charge in [0.2, 0.25) is 0 Å². The molecule has 0 fully saturated rings. The first-order chi connectivity index (χ1) is 10.5. The van der Waals surface area contributed by atoms with Gasteiger partial charge in [0.05, 0.1) is 11.1 Å². The van der Waals surface area contributed by atoms with Crippen LogP contribution in [0.5, 0.6) is 0 Å². The number of nitrogens with zero attached hydrogens (tertiary/aromatic N) is 1. The lowest BCUT2D eigenvalue weighted by Gasteiger charge is -2.09. The summed E-state index contributed by atoms with van der Waals surface area (Å²) in [5.74, 6) is -1.18. The molecule has 0 saturated carbocycles. The lowest BCUT2D eigenvalue weighted by Crippen LogP contribution is -2.17. The fraction of sp³-hybridized carbons (Fsp3) is 0.235. The molecule has 0 saturated heterocycles. The molecule has 2 aromatic rings. The standard InChI is InChI=1S/C17H18N2O3/c1-3-5-12-8-9-13(17(21)22)14(10-12)16(20)19-15-7-4-6-11(2)18-15/h4,6-10H,3,5H2,1-2H3,(H,21,22)(H,18,19,20). The second-order valence-corrected chi connectivity index (χ2v) is 5.05. The number of carbonyl (C=O) groups excluding carboxylic acids is 1. The molecule has 5 heteroatoms. The average molecular weight is 298 g/mol. The van der Waals surface area contributed by atoms with Gasteiger partial charge < -0.3 is 10.4 Å². The van der Waals surface area contributed by atoms with Crippen molar-refractivity contribution in [1.29, 1.82) is 0 Å². The number of hydrogen-bond donors (Lipinski definition) is 2. The topological polar surface area (TPSA) is 79.3 Å². The van der Waals surface area contributed by atoms with Gasteiger partial charge >= 0.3 is 5.97 Å². The minimum atomic E-state index is -1.12. The summed E-state index contributed by atoms with van der Waals surface area (Å²) in [5.41, 5.74) is 1.86. The van der Waals surface area contributed by atoms with E-state index in [4.69, 9.17) is 0 Å². The maximum Gasteiger partial charge on any atom is 0.336 e. The zero-order chi connectivity index (χ0) is 16.1. The van der Waals surface area contributed by atoms with E-state index in [1.807, 2.05) is 19.9 Å². The van der Waals surface area contributed by atoms with E-state index in [9.17, 15) is 14.7 Å². The van der Waals surface area contributed by atoms with Gasteiger partial charge in [-0.15, -0.1) is 0 Å². The van der Waals surface area contributed by atoms with Crippen molar-refractivity contribution in [3.8, 4) is 0 Å².